The van der Waals surface area contributed by atoms with Crippen LogP contribution in [-0.4, -0.2) is 33.4 Å². The quantitative estimate of drug-likeness (QED) is 0.607. The highest BCUT2D eigenvalue weighted by Gasteiger charge is 2.29. The Kier molecular flexibility index (Phi) is 4.79. The molecule has 31 heavy (non-hydrogen) atoms. The number of carbonyl (C=O) groups is 2. The minimum atomic E-state index is -0.407. The summed E-state index contributed by atoms with van der Waals surface area (Å²) in [6.45, 7) is 0.188. The van der Waals surface area contributed by atoms with Gasteiger partial charge in [-0.1, -0.05) is 29.8 Å². The van der Waals surface area contributed by atoms with Gasteiger partial charge in [0.1, 0.15) is 0 Å². The van der Waals surface area contributed by atoms with Crippen molar-refractivity contribution in [1.82, 2.24) is 14.8 Å². The number of halogens is 1. The number of hydrogen-bond acceptors (Lipinski definition) is 6. The van der Waals surface area contributed by atoms with E-state index in [0.29, 0.717) is 16.5 Å². The largest absolute Gasteiger partial charge is 0.454 e. The zero-order valence-corrected chi connectivity index (χ0v) is 16.8. The van der Waals surface area contributed by atoms with Crippen molar-refractivity contribution in [3.05, 3.63) is 64.7 Å². The summed E-state index contributed by atoms with van der Waals surface area (Å²) in [5.74, 6) is 1.08. The normalized spacial score (nSPS) is 16.8. The van der Waals surface area contributed by atoms with E-state index in [4.69, 9.17) is 21.1 Å². The molecule has 0 radical (unpaired) electrons. The highest BCUT2D eigenvalue weighted by atomic mass is 35.5. The van der Waals surface area contributed by atoms with Crippen LogP contribution in [0, 0.1) is 0 Å². The van der Waals surface area contributed by atoms with Crippen LogP contribution in [-0.2, 0) is 9.59 Å². The number of carbonyl (C=O) groups excluding carboxylic acids is 2. The summed E-state index contributed by atoms with van der Waals surface area (Å²) < 4.78 is 12.2. The summed E-state index contributed by atoms with van der Waals surface area (Å²) in [6.07, 6.45) is 3.22. The predicted molar refractivity (Wildman–Crippen MR) is 113 cm³/mol. The maximum Gasteiger partial charge on any atom is 0.250 e. The molecule has 0 fully saturated rings. The zero-order valence-electron chi connectivity index (χ0n) is 16.0. The molecule has 1 atom stereocenters. The van der Waals surface area contributed by atoms with E-state index in [1.165, 1.54) is 6.08 Å². The molecule has 10 heteroatoms. The van der Waals surface area contributed by atoms with Gasteiger partial charge in [-0.25, -0.2) is 4.68 Å². The fourth-order valence-electron chi connectivity index (χ4n) is 3.40. The van der Waals surface area contributed by atoms with E-state index in [0.717, 1.165) is 11.1 Å². The van der Waals surface area contributed by atoms with E-state index < -0.39 is 5.91 Å². The third-order valence-corrected chi connectivity index (χ3v) is 5.12. The van der Waals surface area contributed by atoms with Crippen molar-refractivity contribution in [2.75, 3.05) is 17.4 Å². The molecule has 156 valence electrons. The van der Waals surface area contributed by atoms with Crippen LogP contribution >= 0.6 is 11.6 Å². The smallest absolute Gasteiger partial charge is 0.250 e. The average Bonchev–Trinajstić information content (AvgIpc) is 3.38. The molecule has 3 aromatic rings. The Morgan fingerprint density at radius 3 is 2.84 bits per heavy atom. The van der Waals surface area contributed by atoms with Crippen molar-refractivity contribution in [1.29, 1.82) is 0 Å². The molecule has 0 saturated heterocycles. The van der Waals surface area contributed by atoms with Crippen molar-refractivity contribution in [3.8, 4) is 11.5 Å². The van der Waals surface area contributed by atoms with Crippen LogP contribution in [0.5, 0.6) is 11.5 Å². The van der Waals surface area contributed by atoms with E-state index >= 15 is 0 Å². The summed E-state index contributed by atoms with van der Waals surface area (Å²) in [4.78, 5) is 28.7. The lowest BCUT2D eigenvalue weighted by Crippen LogP contribution is -2.29. The Bertz CT molecular complexity index is 1200. The lowest BCUT2D eigenvalue weighted by Gasteiger charge is -2.23. The van der Waals surface area contributed by atoms with E-state index in [2.05, 4.69) is 20.7 Å². The van der Waals surface area contributed by atoms with Crippen LogP contribution in [0.3, 0.4) is 0 Å². The number of hydrogen-bond donors (Lipinski definition) is 2. The molecule has 2 aliphatic heterocycles. The second kappa shape index (κ2) is 7.77. The number of anilines is 2. The van der Waals surface area contributed by atoms with Gasteiger partial charge in [-0.15, -0.1) is 5.10 Å². The monoisotopic (exact) mass is 437 g/mol. The second-order valence-electron chi connectivity index (χ2n) is 6.96. The van der Waals surface area contributed by atoms with Gasteiger partial charge in [-0.3, -0.25) is 20.2 Å². The first kappa shape index (κ1) is 19.1. The number of benzene rings is 2. The van der Waals surface area contributed by atoms with Gasteiger partial charge in [0.05, 0.1) is 12.5 Å². The molecule has 0 spiro atoms. The van der Waals surface area contributed by atoms with Gasteiger partial charge < -0.3 is 9.47 Å². The van der Waals surface area contributed by atoms with Crippen molar-refractivity contribution in [2.24, 2.45) is 0 Å². The number of ether oxygens (including phenoxy) is 2. The predicted octanol–water partition coefficient (Wildman–Crippen LogP) is 3.24. The fourth-order valence-corrected chi connectivity index (χ4v) is 3.53. The SMILES string of the molecule is O=C(C=Cc1ccc2c(c1)OCO2)Nc1nc2n(n1)C(c1ccc(Cl)cc1)CC(=O)N2. The van der Waals surface area contributed by atoms with Gasteiger partial charge in [0.25, 0.3) is 11.9 Å². The molecule has 0 bridgehead atoms. The number of nitrogens with zero attached hydrogens (tertiary/aromatic N) is 3. The molecular formula is C21H16ClN5O4. The van der Waals surface area contributed by atoms with Crippen LogP contribution < -0.4 is 20.1 Å². The molecule has 3 heterocycles. The molecule has 2 amide bonds. The van der Waals surface area contributed by atoms with E-state index in [1.54, 1.807) is 35.0 Å². The molecule has 1 unspecified atom stereocenters. The summed E-state index contributed by atoms with van der Waals surface area (Å²) in [6, 6.07) is 12.2. The van der Waals surface area contributed by atoms with Crippen molar-refractivity contribution < 1.29 is 19.1 Å². The zero-order chi connectivity index (χ0) is 21.4. The topological polar surface area (TPSA) is 107 Å². The molecule has 2 aromatic carbocycles. The minimum absolute atomic E-state index is 0.0940. The summed E-state index contributed by atoms with van der Waals surface area (Å²) in [5.41, 5.74) is 1.65. The third-order valence-electron chi connectivity index (χ3n) is 4.87. The average molecular weight is 438 g/mol. The number of amides is 2. The van der Waals surface area contributed by atoms with Gasteiger partial charge in [-0.05, 0) is 41.5 Å². The van der Waals surface area contributed by atoms with E-state index in [1.807, 2.05) is 18.2 Å². The molecule has 0 aliphatic carbocycles. The first-order chi connectivity index (χ1) is 15.0. The Morgan fingerprint density at radius 1 is 1.19 bits per heavy atom. The van der Waals surface area contributed by atoms with Crippen LogP contribution in [0.25, 0.3) is 6.08 Å². The van der Waals surface area contributed by atoms with Gasteiger partial charge in [0.2, 0.25) is 18.6 Å². The Labute approximate surface area is 181 Å². The molecule has 5 rings (SSSR count). The number of aromatic nitrogens is 3. The molecule has 2 aliphatic rings. The maximum absolute atomic E-state index is 12.3. The highest BCUT2D eigenvalue weighted by molar-refractivity contribution is 6.30. The van der Waals surface area contributed by atoms with E-state index in [9.17, 15) is 9.59 Å². The van der Waals surface area contributed by atoms with E-state index in [-0.39, 0.29) is 37.1 Å². The van der Waals surface area contributed by atoms with Crippen LogP contribution in [0.1, 0.15) is 23.6 Å². The molecule has 0 saturated carbocycles. The lowest BCUT2D eigenvalue weighted by atomic mass is 10.0. The fraction of sp³-hybridized carbons (Fsp3) is 0.143. The van der Waals surface area contributed by atoms with Crippen LogP contribution in [0.15, 0.2) is 48.5 Å². The second-order valence-corrected chi connectivity index (χ2v) is 7.39. The molecular weight excluding hydrogens is 422 g/mol. The first-order valence-electron chi connectivity index (χ1n) is 9.46. The number of fused-ring (bicyclic) bond motifs is 2. The summed E-state index contributed by atoms with van der Waals surface area (Å²) in [7, 11) is 0. The first-order valence-corrected chi connectivity index (χ1v) is 9.83. The Balaban J connectivity index is 1.32. The third kappa shape index (κ3) is 3.95. The molecule has 2 N–H and O–H groups in total. The van der Waals surface area contributed by atoms with Crippen LogP contribution in [0.2, 0.25) is 5.02 Å². The van der Waals surface area contributed by atoms with Crippen molar-refractivity contribution in [2.45, 2.75) is 12.5 Å². The standard InChI is InChI=1S/C21H16ClN5O4/c22-14-5-3-13(4-6-14)15-10-19(29)24-21-25-20(26-27(15)21)23-18(28)8-2-12-1-7-16-17(9-12)31-11-30-16/h1-9,15H,10-11H2,(H2,23,24,25,26,28,29). The maximum atomic E-state index is 12.3. The Hall–Kier alpha value is -3.85. The van der Waals surface area contributed by atoms with Crippen LogP contribution in [0.4, 0.5) is 11.9 Å². The van der Waals surface area contributed by atoms with Gasteiger partial charge in [0, 0.05) is 11.1 Å². The minimum Gasteiger partial charge on any atom is -0.454 e. The van der Waals surface area contributed by atoms with Gasteiger partial charge in [0.15, 0.2) is 11.5 Å². The van der Waals surface area contributed by atoms with Gasteiger partial charge in [-0.2, -0.15) is 4.98 Å². The van der Waals surface area contributed by atoms with Crippen molar-refractivity contribution >= 4 is 41.4 Å². The summed E-state index contributed by atoms with van der Waals surface area (Å²) in [5, 5.41) is 10.3. The lowest BCUT2D eigenvalue weighted by molar-refractivity contribution is -0.117. The highest BCUT2D eigenvalue weighted by Crippen LogP contribution is 2.33. The molecule has 1 aromatic heterocycles. The number of nitrogens with one attached hydrogen (secondary N) is 2. The Morgan fingerprint density at radius 2 is 2.00 bits per heavy atom. The van der Waals surface area contributed by atoms with Crippen molar-refractivity contribution in [3.63, 3.8) is 0 Å². The van der Waals surface area contributed by atoms with Gasteiger partial charge >= 0.3 is 0 Å². The molecule has 9 nitrogen and oxygen atoms in total. The number of rotatable bonds is 4. The summed E-state index contributed by atoms with van der Waals surface area (Å²) >= 11 is 5.96.